The van der Waals surface area contributed by atoms with Crippen LogP contribution in [0.2, 0.25) is 0 Å². The second kappa shape index (κ2) is 9.91. The molecule has 0 bridgehead atoms. The van der Waals surface area contributed by atoms with Gasteiger partial charge in [-0.2, -0.15) is 22.8 Å². The number of sulfone groups is 1. The second-order valence-electron chi connectivity index (χ2n) is 8.45. The van der Waals surface area contributed by atoms with Crippen LogP contribution in [0, 0.1) is 5.82 Å². The Labute approximate surface area is 206 Å². The quantitative estimate of drug-likeness (QED) is 0.445. The average Bonchev–Trinajstić information content (AvgIpc) is 3.26. The topological polar surface area (TPSA) is 145 Å². The number of hydrogen-bond donors (Lipinski definition) is 2. The van der Waals surface area contributed by atoms with Crippen LogP contribution in [-0.4, -0.2) is 63.6 Å². The molecule has 1 fully saturated rings. The molecule has 2 amide bonds. The Hall–Kier alpha value is -3.82. The standard InChI is InChI=1S/C21H20F4N6O5S/c22-13-1-2-16(26-8-13)28-17(32)10-30-9-14(19(33)27-11-21(23,24)25)20(34)31-18(30)7-15(29-31)12-3-5-37(35,36)6-4-12/h1-2,7-9,12H,3-6,10-11H2,(H,27,33)(H,26,28,32). The lowest BCUT2D eigenvalue weighted by Gasteiger charge is -2.19. The number of fused-ring (bicyclic) bond motifs is 1. The largest absolute Gasteiger partial charge is 0.405 e. The van der Waals surface area contributed by atoms with Crippen molar-refractivity contribution < 1.29 is 35.6 Å². The molecule has 198 valence electrons. The van der Waals surface area contributed by atoms with Crippen LogP contribution >= 0.6 is 0 Å². The number of hydrogen-bond acceptors (Lipinski definition) is 7. The van der Waals surface area contributed by atoms with E-state index in [1.165, 1.54) is 12.1 Å². The predicted molar refractivity (Wildman–Crippen MR) is 121 cm³/mol. The minimum Gasteiger partial charge on any atom is -0.343 e. The minimum absolute atomic E-state index is 0.0178. The van der Waals surface area contributed by atoms with Gasteiger partial charge in [-0.05, 0) is 25.0 Å². The van der Waals surface area contributed by atoms with Crippen molar-refractivity contribution >= 4 is 33.1 Å². The van der Waals surface area contributed by atoms with Crippen molar-refractivity contribution in [3.05, 3.63) is 58.0 Å². The third-order valence-electron chi connectivity index (χ3n) is 5.69. The molecule has 0 aliphatic carbocycles. The van der Waals surface area contributed by atoms with Crippen molar-refractivity contribution in [2.45, 2.75) is 31.5 Å². The van der Waals surface area contributed by atoms with E-state index in [9.17, 15) is 40.4 Å². The monoisotopic (exact) mass is 544 g/mol. The van der Waals surface area contributed by atoms with E-state index in [0.29, 0.717) is 5.69 Å². The zero-order valence-corrected chi connectivity index (χ0v) is 19.8. The molecule has 0 atom stereocenters. The van der Waals surface area contributed by atoms with Crippen LogP contribution < -0.4 is 16.2 Å². The van der Waals surface area contributed by atoms with E-state index in [-0.39, 0.29) is 41.7 Å². The van der Waals surface area contributed by atoms with Crippen LogP contribution in [0.3, 0.4) is 0 Å². The van der Waals surface area contributed by atoms with E-state index in [1.54, 1.807) is 5.32 Å². The Morgan fingerprint density at radius 1 is 1.16 bits per heavy atom. The Morgan fingerprint density at radius 2 is 1.86 bits per heavy atom. The lowest BCUT2D eigenvalue weighted by atomic mass is 9.99. The fourth-order valence-electron chi connectivity index (χ4n) is 3.86. The van der Waals surface area contributed by atoms with Crippen molar-refractivity contribution in [2.24, 2.45) is 0 Å². The van der Waals surface area contributed by atoms with Gasteiger partial charge in [-0.1, -0.05) is 0 Å². The molecule has 0 spiro atoms. The highest BCUT2D eigenvalue weighted by Crippen LogP contribution is 2.28. The maximum absolute atomic E-state index is 13.1. The minimum atomic E-state index is -4.72. The first-order valence-corrected chi connectivity index (χ1v) is 12.7. The fraction of sp³-hybridized carbons (Fsp3) is 0.381. The van der Waals surface area contributed by atoms with Crippen molar-refractivity contribution in [3.8, 4) is 0 Å². The molecule has 1 saturated heterocycles. The highest BCUT2D eigenvalue weighted by Gasteiger charge is 2.30. The van der Waals surface area contributed by atoms with Gasteiger partial charge < -0.3 is 15.2 Å². The molecule has 2 N–H and O–H groups in total. The van der Waals surface area contributed by atoms with E-state index in [0.717, 1.165) is 27.5 Å². The molecule has 37 heavy (non-hydrogen) atoms. The molecular weight excluding hydrogens is 524 g/mol. The summed E-state index contributed by atoms with van der Waals surface area (Å²) in [5, 5.41) is 8.22. The molecule has 0 radical (unpaired) electrons. The molecule has 0 unspecified atom stereocenters. The van der Waals surface area contributed by atoms with Gasteiger partial charge in [0.05, 0.1) is 23.4 Å². The zero-order chi connectivity index (χ0) is 27.0. The molecule has 4 heterocycles. The highest BCUT2D eigenvalue weighted by atomic mass is 32.2. The molecule has 3 aromatic heterocycles. The predicted octanol–water partition coefficient (Wildman–Crippen LogP) is 1.25. The number of carbonyl (C=O) groups is 2. The van der Waals surface area contributed by atoms with Gasteiger partial charge in [0.2, 0.25) is 5.91 Å². The smallest absolute Gasteiger partial charge is 0.343 e. The summed E-state index contributed by atoms with van der Waals surface area (Å²) >= 11 is 0. The van der Waals surface area contributed by atoms with Gasteiger partial charge in [0.25, 0.3) is 11.5 Å². The average molecular weight is 544 g/mol. The van der Waals surface area contributed by atoms with Gasteiger partial charge >= 0.3 is 6.18 Å². The normalized spacial score (nSPS) is 16.0. The lowest BCUT2D eigenvalue weighted by molar-refractivity contribution is -0.123. The first kappa shape index (κ1) is 26.2. The van der Waals surface area contributed by atoms with E-state index < -0.39 is 57.9 Å². The third-order valence-corrected chi connectivity index (χ3v) is 7.40. The Morgan fingerprint density at radius 3 is 2.49 bits per heavy atom. The zero-order valence-electron chi connectivity index (χ0n) is 19.0. The first-order valence-electron chi connectivity index (χ1n) is 10.9. The van der Waals surface area contributed by atoms with Gasteiger partial charge in [-0.15, -0.1) is 0 Å². The number of pyridine rings is 1. The van der Waals surface area contributed by atoms with Gasteiger partial charge in [0.1, 0.15) is 45.8 Å². The van der Waals surface area contributed by atoms with Crippen LogP contribution in [0.15, 0.2) is 35.4 Å². The van der Waals surface area contributed by atoms with Crippen LogP contribution in [0.1, 0.15) is 34.8 Å². The maximum atomic E-state index is 13.1. The second-order valence-corrected chi connectivity index (χ2v) is 10.8. The van der Waals surface area contributed by atoms with Gasteiger partial charge in [0.15, 0.2) is 0 Å². The van der Waals surface area contributed by atoms with Gasteiger partial charge in [-0.25, -0.2) is 17.8 Å². The summed E-state index contributed by atoms with van der Waals surface area (Å²) in [6.45, 7) is -2.19. The molecule has 11 nitrogen and oxygen atoms in total. The maximum Gasteiger partial charge on any atom is 0.405 e. The molecule has 1 aliphatic heterocycles. The van der Waals surface area contributed by atoms with Crippen LogP contribution in [-0.2, 0) is 21.2 Å². The SMILES string of the molecule is O=C(Cn1cc(C(=O)NCC(F)(F)F)c(=O)n2nc(C3CCS(=O)(=O)CC3)cc12)Nc1ccc(F)cn1. The summed E-state index contributed by atoms with van der Waals surface area (Å²) in [6.07, 6.45) is -2.41. The van der Waals surface area contributed by atoms with Crippen LogP contribution in [0.4, 0.5) is 23.4 Å². The Balaban J connectivity index is 1.70. The molecule has 0 aromatic carbocycles. The summed E-state index contributed by atoms with van der Waals surface area (Å²) in [5.41, 5.74) is -1.30. The van der Waals surface area contributed by atoms with Crippen molar-refractivity contribution in [3.63, 3.8) is 0 Å². The van der Waals surface area contributed by atoms with Crippen LogP contribution in [0.25, 0.3) is 5.65 Å². The number of carbonyl (C=O) groups excluding carboxylic acids is 2. The Kier molecular flexibility index (Phi) is 7.03. The van der Waals surface area contributed by atoms with Crippen molar-refractivity contribution in [2.75, 3.05) is 23.4 Å². The molecule has 4 rings (SSSR count). The van der Waals surface area contributed by atoms with Gasteiger partial charge in [0, 0.05) is 18.2 Å². The molecule has 16 heteroatoms. The number of anilines is 1. The summed E-state index contributed by atoms with van der Waals surface area (Å²) < 4.78 is 76.4. The molecular formula is C21H20F4N6O5S. The third kappa shape index (κ3) is 6.31. The van der Waals surface area contributed by atoms with E-state index >= 15 is 0 Å². The van der Waals surface area contributed by atoms with Crippen molar-refractivity contribution in [1.82, 2.24) is 24.5 Å². The number of amides is 2. The lowest BCUT2D eigenvalue weighted by Crippen LogP contribution is -2.38. The van der Waals surface area contributed by atoms with Crippen LogP contribution in [0.5, 0.6) is 0 Å². The van der Waals surface area contributed by atoms with E-state index in [2.05, 4.69) is 15.4 Å². The van der Waals surface area contributed by atoms with E-state index in [4.69, 9.17) is 0 Å². The van der Waals surface area contributed by atoms with Crippen molar-refractivity contribution in [1.29, 1.82) is 0 Å². The number of halogens is 4. The first-order chi connectivity index (χ1) is 17.3. The number of aromatic nitrogens is 4. The summed E-state index contributed by atoms with van der Waals surface area (Å²) in [7, 11) is -3.18. The summed E-state index contributed by atoms with van der Waals surface area (Å²) in [5.74, 6) is -3.10. The van der Waals surface area contributed by atoms with E-state index in [1.807, 2.05) is 0 Å². The number of rotatable bonds is 6. The fourth-order valence-corrected chi connectivity index (χ4v) is 5.36. The molecule has 0 saturated carbocycles. The summed E-state index contributed by atoms with van der Waals surface area (Å²) in [6, 6.07) is 3.74. The number of nitrogens with one attached hydrogen (secondary N) is 2. The molecule has 3 aromatic rings. The van der Waals surface area contributed by atoms with Gasteiger partial charge in [-0.3, -0.25) is 14.4 Å². The number of alkyl halides is 3. The summed E-state index contributed by atoms with van der Waals surface area (Å²) in [4.78, 5) is 41.7. The number of nitrogens with zero attached hydrogens (tertiary/aromatic N) is 4. The highest BCUT2D eigenvalue weighted by molar-refractivity contribution is 7.91. The molecule has 1 aliphatic rings. The Bertz CT molecular complexity index is 1500.